The molecule has 2 fully saturated rings. The number of hydrogen-bond acceptors (Lipinski definition) is 19. The number of nitrogen functional groups attached to an aromatic ring is 1. The second-order valence-corrected chi connectivity index (χ2v) is 16.6. The Morgan fingerprint density at radius 3 is 2.28 bits per heavy atom. The van der Waals surface area contributed by atoms with Crippen LogP contribution in [0.25, 0.3) is 11.0 Å². The number of carbonyl (C=O) groups excluding carboxylic acids is 5. The number of hydrogen-bond donors (Lipinski definition) is 6. The van der Waals surface area contributed by atoms with Crippen LogP contribution >= 0.6 is 11.6 Å². The van der Waals surface area contributed by atoms with Crippen molar-refractivity contribution in [3.05, 3.63) is 76.7 Å². The highest BCUT2D eigenvalue weighted by molar-refractivity contribution is 6.32. The summed E-state index contributed by atoms with van der Waals surface area (Å²) in [5, 5.41) is 39.1. The van der Waals surface area contributed by atoms with Gasteiger partial charge in [-0.2, -0.15) is 0 Å². The zero-order valence-corrected chi connectivity index (χ0v) is 38.4. The van der Waals surface area contributed by atoms with Gasteiger partial charge in [0.15, 0.2) is 6.23 Å². The molecule has 6 atom stereocenters. The zero-order chi connectivity index (χ0) is 48.9. The maximum Gasteiger partial charge on any atom is 0.264 e. The molecule has 3 aliphatic heterocycles. The Labute approximate surface area is 401 Å². The minimum Gasteiger partial charge on any atom is -0.492 e. The van der Waals surface area contributed by atoms with Crippen LogP contribution in [-0.4, -0.2) is 168 Å². The van der Waals surface area contributed by atoms with Gasteiger partial charge in [-0.05, 0) is 48.7 Å². The van der Waals surface area contributed by atoms with Crippen LogP contribution in [0, 0.1) is 0 Å². The van der Waals surface area contributed by atoms with Crippen molar-refractivity contribution in [3.8, 4) is 5.75 Å². The molecule has 69 heavy (non-hydrogen) atoms. The molecule has 23 heteroatoms. The average Bonchev–Trinajstić information content (AvgIpc) is 3.98. The van der Waals surface area contributed by atoms with E-state index in [9.17, 15) is 39.3 Å². The van der Waals surface area contributed by atoms with E-state index in [-0.39, 0.29) is 72.4 Å². The number of halogens is 1. The molecule has 22 nitrogen and oxygen atoms in total. The molecule has 0 radical (unpaired) electrons. The molecule has 2 aromatic heterocycles. The number of fused-ring (bicyclic) bond motifs is 2. The normalized spacial score (nSPS) is 20.7. The fourth-order valence-corrected chi connectivity index (χ4v) is 8.21. The van der Waals surface area contributed by atoms with E-state index in [1.165, 1.54) is 23.0 Å². The number of amides is 4. The van der Waals surface area contributed by atoms with Gasteiger partial charge in [-0.15, -0.1) is 0 Å². The van der Waals surface area contributed by atoms with Gasteiger partial charge in [-0.3, -0.25) is 34.2 Å². The molecule has 0 aliphatic carbocycles. The first-order valence-corrected chi connectivity index (χ1v) is 23.0. The largest absolute Gasteiger partial charge is 0.492 e. The van der Waals surface area contributed by atoms with E-state index in [2.05, 4.69) is 20.6 Å². The molecule has 0 saturated carbocycles. The molecule has 0 spiro atoms. The standard InChI is InChI=1S/C46H56ClN7O15/c47-31-7-6-27(37(57)40-38(58)39(59)46(69-40)53-13-10-30-41(48)50-26-51-42(30)53)25-34(31)68-14-2-3-28(55)11-15-63-17-19-65-21-23-67-24-22-66-20-18-64-16-12-49-32-5-1-4-29-36(32)45(62)54(44(29)61)33-8-9-35(56)52-43(33)60/h1,4-7,10,13,25-26,33,37-40,46,49,57-59H,2-3,8-9,11-12,14-24H2,(H2,48,50,51)(H,52,56,60)/t33?,37-,38+,39-,40-,46-/m1/s1. The number of nitrogens with zero attached hydrogens (tertiary/aromatic N) is 4. The number of nitrogens with one attached hydrogen (secondary N) is 2. The first kappa shape index (κ1) is 51.2. The molecular formula is C46H56ClN7O15. The number of imide groups is 2. The molecule has 372 valence electrons. The van der Waals surface area contributed by atoms with Crippen molar-refractivity contribution in [3.63, 3.8) is 0 Å². The Kier molecular flexibility index (Phi) is 18.4. The van der Waals surface area contributed by atoms with Crippen LogP contribution < -0.4 is 21.1 Å². The summed E-state index contributed by atoms with van der Waals surface area (Å²) in [5.74, 6) is -1.71. The van der Waals surface area contributed by atoms with Crippen molar-refractivity contribution in [2.75, 3.05) is 90.3 Å². The van der Waals surface area contributed by atoms with E-state index in [1.807, 2.05) is 0 Å². The summed E-state index contributed by atoms with van der Waals surface area (Å²) >= 11 is 6.36. The average molecular weight is 982 g/mol. The van der Waals surface area contributed by atoms with Crippen molar-refractivity contribution in [2.24, 2.45) is 0 Å². The van der Waals surface area contributed by atoms with Gasteiger partial charge in [0.05, 0.1) is 94.2 Å². The lowest BCUT2D eigenvalue weighted by Gasteiger charge is -2.27. The summed E-state index contributed by atoms with van der Waals surface area (Å²) < 4.78 is 41.0. The Bertz CT molecular complexity index is 2440. The summed E-state index contributed by atoms with van der Waals surface area (Å²) in [6.07, 6.45) is -2.47. The number of benzene rings is 2. The summed E-state index contributed by atoms with van der Waals surface area (Å²) in [6, 6.07) is 10.1. The lowest BCUT2D eigenvalue weighted by molar-refractivity contribution is -0.136. The van der Waals surface area contributed by atoms with E-state index < -0.39 is 60.3 Å². The molecule has 5 heterocycles. The first-order valence-electron chi connectivity index (χ1n) is 22.6. The lowest BCUT2D eigenvalue weighted by atomic mass is 9.99. The molecule has 1 unspecified atom stereocenters. The number of anilines is 2. The van der Waals surface area contributed by atoms with E-state index >= 15 is 0 Å². The van der Waals surface area contributed by atoms with Gasteiger partial charge in [0.25, 0.3) is 11.8 Å². The number of carbonyl (C=O) groups is 5. The molecular weight excluding hydrogens is 926 g/mol. The smallest absolute Gasteiger partial charge is 0.264 e. The molecule has 4 amide bonds. The number of aliphatic hydroxyl groups is 3. The predicted octanol–water partition coefficient (Wildman–Crippen LogP) is 1.73. The first-order chi connectivity index (χ1) is 33.4. The fraction of sp³-hybridized carbons (Fsp3) is 0.500. The van der Waals surface area contributed by atoms with Gasteiger partial charge >= 0.3 is 0 Å². The second-order valence-electron chi connectivity index (χ2n) is 16.2. The number of aromatic nitrogens is 3. The SMILES string of the molecule is Nc1ncnc2c1ccn2[C@@H]1O[C@H]([C@H](O)c2ccc(Cl)c(OCCCC(=O)CCOCCOCCOCCOCCOCCNc3cccc4c3C(=O)N(C3CCC(=O)NC3=O)C4=O)c2)[C@@H](O)[C@H]1O. The van der Waals surface area contributed by atoms with Gasteiger partial charge in [0, 0.05) is 37.7 Å². The number of nitrogens with two attached hydrogens (primary N) is 1. The molecule has 2 saturated heterocycles. The van der Waals surface area contributed by atoms with Crippen LogP contribution in [0.1, 0.15) is 70.7 Å². The van der Waals surface area contributed by atoms with Crippen LogP contribution in [0.15, 0.2) is 55.0 Å². The number of aliphatic hydroxyl groups excluding tert-OH is 3. The van der Waals surface area contributed by atoms with Crippen LogP contribution in [0.4, 0.5) is 11.5 Å². The van der Waals surface area contributed by atoms with Gasteiger partial charge in [-0.25, -0.2) is 9.97 Å². The van der Waals surface area contributed by atoms with Crippen molar-refractivity contribution in [1.29, 1.82) is 0 Å². The molecule has 0 bridgehead atoms. The molecule has 7 N–H and O–H groups in total. The third kappa shape index (κ3) is 12.8. The van der Waals surface area contributed by atoms with E-state index in [0.29, 0.717) is 94.7 Å². The van der Waals surface area contributed by atoms with Crippen molar-refractivity contribution in [2.45, 2.75) is 68.8 Å². The Balaban J connectivity index is 0.663. The number of Topliss-reactive ketones (excluding diaryl/α,β-unsaturated/α-hetero) is 1. The summed E-state index contributed by atoms with van der Waals surface area (Å²) in [7, 11) is 0. The Morgan fingerprint density at radius 2 is 1.57 bits per heavy atom. The van der Waals surface area contributed by atoms with Crippen molar-refractivity contribution in [1.82, 2.24) is 24.8 Å². The number of rotatable bonds is 28. The number of piperidine rings is 1. The molecule has 4 aromatic rings. The van der Waals surface area contributed by atoms with Crippen LogP contribution in [-0.2, 0) is 42.8 Å². The summed E-state index contributed by atoms with van der Waals surface area (Å²) in [6.45, 7) is 3.90. The van der Waals surface area contributed by atoms with E-state index in [1.54, 1.807) is 36.5 Å². The van der Waals surface area contributed by atoms with Crippen LogP contribution in [0.2, 0.25) is 5.02 Å². The maximum absolute atomic E-state index is 13.2. The van der Waals surface area contributed by atoms with Crippen molar-refractivity contribution >= 4 is 63.6 Å². The van der Waals surface area contributed by atoms with Gasteiger partial charge < -0.3 is 64.1 Å². The predicted molar refractivity (Wildman–Crippen MR) is 244 cm³/mol. The van der Waals surface area contributed by atoms with Gasteiger partial charge in [0.1, 0.15) is 59.8 Å². The van der Waals surface area contributed by atoms with Crippen LogP contribution in [0.3, 0.4) is 0 Å². The minimum absolute atomic E-state index is 0.00566. The van der Waals surface area contributed by atoms with E-state index in [4.69, 9.17) is 50.5 Å². The topological polar surface area (TPSA) is 295 Å². The summed E-state index contributed by atoms with van der Waals surface area (Å²) in [5.41, 5.74) is 7.52. The van der Waals surface area contributed by atoms with Crippen molar-refractivity contribution < 1.29 is 72.5 Å². The van der Waals surface area contributed by atoms with E-state index in [0.717, 1.165) is 4.90 Å². The highest BCUT2D eigenvalue weighted by atomic mass is 35.5. The molecule has 2 aromatic carbocycles. The quantitative estimate of drug-likeness (QED) is 0.0349. The highest BCUT2D eigenvalue weighted by Gasteiger charge is 2.48. The highest BCUT2D eigenvalue weighted by Crippen LogP contribution is 2.39. The summed E-state index contributed by atoms with van der Waals surface area (Å²) in [4.78, 5) is 71.6. The lowest BCUT2D eigenvalue weighted by Crippen LogP contribution is -2.54. The second kappa shape index (κ2) is 24.8. The Hall–Kier alpha value is -5.66. The fourth-order valence-electron chi connectivity index (χ4n) is 8.04. The van der Waals surface area contributed by atoms with Gasteiger partial charge in [-0.1, -0.05) is 23.7 Å². The third-order valence-corrected chi connectivity index (χ3v) is 11.9. The minimum atomic E-state index is -1.44. The zero-order valence-electron chi connectivity index (χ0n) is 37.7. The number of ether oxygens (including phenoxy) is 7. The number of ketones is 1. The Morgan fingerprint density at radius 1 is 0.870 bits per heavy atom. The van der Waals surface area contributed by atoms with Crippen LogP contribution in [0.5, 0.6) is 5.75 Å². The monoisotopic (exact) mass is 981 g/mol. The maximum atomic E-state index is 13.2. The van der Waals surface area contributed by atoms with Gasteiger partial charge in [0.2, 0.25) is 11.8 Å². The molecule has 7 rings (SSSR count). The third-order valence-electron chi connectivity index (χ3n) is 11.6. The molecule has 3 aliphatic rings.